The van der Waals surface area contributed by atoms with E-state index in [1.54, 1.807) is 0 Å². The van der Waals surface area contributed by atoms with Crippen LogP contribution in [0.4, 0.5) is 5.69 Å². The third-order valence-corrected chi connectivity index (χ3v) is 4.12. The highest BCUT2D eigenvalue weighted by molar-refractivity contribution is 5.56. The summed E-state index contributed by atoms with van der Waals surface area (Å²) in [7, 11) is 2.16. The van der Waals surface area contributed by atoms with Crippen molar-refractivity contribution in [3.8, 4) is 0 Å². The Morgan fingerprint density at radius 1 is 1.40 bits per heavy atom. The Morgan fingerprint density at radius 2 is 2.20 bits per heavy atom. The van der Waals surface area contributed by atoms with Crippen molar-refractivity contribution in [3.05, 3.63) is 29.3 Å². The molecule has 1 aliphatic rings. The number of rotatable bonds is 6. The molecule has 0 spiro atoms. The van der Waals surface area contributed by atoms with Crippen molar-refractivity contribution >= 4 is 5.69 Å². The quantitative estimate of drug-likeness (QED) is 0.838. The van der Waals surface area contributed by atoms with Gasteiger partial charge in [0.2, 0.25) is 0 Å². The zero-order valence-electron chi connectivity index (χ0n) is 13.1. The number of aliphatic hydroxyl groups is 1. The fraction of sp³-hybridized carbons (Fsp3) is 0.647. The minimum absolute atomic E-state index is 0.594. The summed E-state index contributed by atoms with van der Waals surface area (Å²) >= 11 is 0. The van der Waals surface area contributed by atoms with Gasteiger partial charge in [0.1, 0.15) is 0 Å². The number of aryl methyl sites for hydroxylation is 1. The third kappa shape index (κ3) is 3.97. The van der Waals surface area contributed by atoms with Gasteiger partial charge in [0.15, 0.2) is 0 Å². The van der Waals surface area contributed by atoms with Crippen LogP contribution in [0.25, 0.3) is 0 Å². The Morgan fingerprint density at radius 3 is 2.95 bits per heavy atom. The van der Waals surface area contributed by atoms with Gasteiger partial charge in [-0.05, 0) is 43.4 Å². The Hall–Kier alpha value is -1.06. The van der Waals surface area contributed by atoms with E-state index in [0.717, 1.165) is 25.9 Å². The lowest BCUT2D eigenvalue weighted by Crippen LogP contribution is -2.37. The van der Waals surface area contributed by atoms with Crippen LogP contribution in [0, 0.1) is 0 Å². The molecule has 0 aliphatic carbocycles. The number of benzene rings is 1. The van der Waals surface area contributed by atoms with Gasteiger partial charge in [0.05, 0.1) is 5.60 Å². The van der Waals surface area contributed by atoms with Crippen LogP contribution in [0.15, 0.2) is 18.2 Å². The predicted molar refractivity (Wildman–Crippen MR) is 85.3 cm³/mol. The van der Waals surface area contributed by atoms with Crippen molar-refractivity contribution in [2.24, 2.45) is 0 Å². The molecule has 0 amide bonds. The summed E-state index contributed by atoms with van der Waals surface area (Å²) in [5.41, 5.74) is 3.55. The van der Waals surface area contributed by atoms with Gasteiger partial charge in [-0.3, -0.25) is 0 Å². The smallest absolute Gasteiger partial charge is 0.0743 e. The molecule has 1 aliphatic heterocycles. The first kappa shape index (κ1) is 15.3. The predicted octanol–water partition coefficient (Wildman–Crippen LogP) is 2.71. The van der Waals surface area contributed by atoms with Crippen LogP contribution >= 0.6 is 0 Å². The average molecular weight is 276 g/mol. The molecule has 0 saturated heterocycles. The molecule has 0 saturated carbocycles. The molecule has 0 radical (unpaired) electrons. The molecule has 1 aromatic rings. The first-order valence-electron chi connectivity index (χ1n) is 7.78. The van der Waals surface area contributed by atoms with Crippen LogP contribution in [-0.2, 0) is 13.0 Å². The van der Waals surface area contributed by atoms with Crippen LogP contribution in [0.1, 0.15) is 44.2 Å². The van der Waals surface area contributed by atoms with Gasteiger partial charge in [0, 0.05) is 32.4 Å². The second-order valence-corrected chi connectivity index (χ2v) is 6.34. The lowest BCUT2D eigenvalue weighted by Gasteiger charge is -2.28. The van der Waals surface area contributed by atoms with Crippen molar-refractivity contribution in [1.29, 1.82) is 0 Å². The third-order valence-electron chi connectivity index (χ3n) is 4.12. The van der Waals surface area contributed by atoms with E-state index >= 15 is 0 Å². The fourth-order valence-corrected chi connectivity index (χ4v) is 3.05. The van der Waals surface area contributed by atoms with E-state index in [4.69, 9.17) is 0 Å². The van der Waals surface area contributed by atoms with Gasteiger partial charge in [-0.15, -0.1) is 0 Å². The largest absolute Gasteiger partial charge is 0.389 e. The number of nitrogens with zero attached hydrogens (tertiary/aromatic N) is 1. The molecular weight excluding hydrogens is 248 g/mol. The molecular formula is C17H28N2O. The molecule has 1 atom stereocenters. The Labute approximate surface area is 123 Å². The monoisotopic (exact) mass is 276 g/mol. The number of hydrogen-bond acceptors (Lipinski definition) is 3. The van der Waals surface area contributed by atoms with Crippen molar-refractivity contribution in [2.45, 2.75) is 51.7 Å². The standard InChI is InChI=1S/C17H28N2O/c1-4-9-17(2,20)13-18-12-14-7-8-16-15(11-14)6-5-10-19(16)3/h7-8,11,18,20H,4-6,9-10,12-13H2,1-3H3. The molecule has 3 heteroatoms. The lowest BCUT2D eigenvalue weighted by atomic mass is 9.99. The minimum Gasteiger partial charge on any atom is -0.389 e. The van der Waals surface area contributed by atoms with Gasteiger partial charge >= 0.3 is 0 Å². The zero-order valence-corrected chi connectivity index (χ0v) is 13.1. The summed E-state index contributed by atoms with van der Waals surface area (Å²) in [6.45, 7) is 6.65. The second kappa shape index (κ2) is 6.59. The molecule has 2 rings (SSSR count). The maximum absolute atomic E-state index is 10.2. The molecule has 112 valence electrons. The zero-order chi connectivity index (χ0) is 14.6. The van der Waals surface area contributed by atoms with Crippen LogP contribution in [0.5, 0.6) is 0 Å². The Bertz CT molecular complexity index is 443. The van der Waals surface area contributed by atoms with E-state index in [1.807, 2.05) is 6.92 Å². The summed E-state index contributed by atoms with van der Waals surface area (Å²) in [5.74, 6) is 0. The van der Waals surface area contributed by atoms with E-state index in [9.17, 15) is 5.11 Å². The molecule has 2 N–H and O–H groups in total. The van der Waals surface area contributed by atoms with Gasteiger partial charge < -0.3 is 15.3 Å². The van der Waals surface area contributed by atoms with Crippen molar-refractivity contribution < 1.29 is 5.11 Å². The highest BCUT2D eigenvalue weighted by Crippen LogP contribution is 2.26. The molecule has 0 fully saturated rings. The fourth-order valence-electron chi connectivity index (χ4n) is 3.05. The Kier molecular flexibility index (Phi) is 5.06. The van der Waals surface area contributed by atoms with Gasteiger partial charge in [-0.1, -0.05) is 25.5 Å². The van der Waals surface area contributed by atoms with Crippen LogP contribution in [0.2, 0.25) is 0 Å². The van der Waals surface area contributed by atoms with Crippen LogP contribution in [0.3, 0.4) is 0 Å². The van der Waals surface area contributed by atoms with E-state index in [1.165, 1.54) is 29.7 Å². The maximum Gasteiger partial charge on any atom is 0.0743 e. The van der Waals surface area contributed by atoms with Gasteiger partial charge in [-0.2, -0.15) is 0 Å². The Balaban J connectivity index is 1.91. The highest BCUT2D eigenvalue weighted by atomic mass is 16.3. The van der Waals surface area contributed by atoms with E-state index in [2.05, 4.69) is 42.4 Å². The maximum atomic E-state index is 10.2. The van der Waals surface area contributed by atoms with Crippen molar-refractivity contribution in [2.75, 3.05) is 25.0 Å². The van der Waals surface area contributed by atoms with Crippen LogP contribution < -0.4 is 10.2 Å². The minimum atomic E-state index is -0.594. The van der Waals surface area contributed by atoms with E-state index in [-0.39, 0.29) is 0 Å². The SMILES string of the molecule is CCCC(C)(O)CNCc1ccc2c(c1)CCCN2C. The van der Waals surface area contributed by atoms with E-state index in [0.29, 0.717) is 6.54 Å². The average Bonchev–Trinajstić information content (AvgIpc) is 2.38. The molecule has 3 nitrogen and oxygen atoms in total. The molecule has 0 aromatic heterocycles. The number of nitrogens with one attached hydrogen (secondary N) is 1. The van der Waals surface area contributed by atoms with Crippen molar-refractivity contribution in [3.63, 3.8) is 0 Å². The van der Waals surface area contributed by atoms with E-state index < -0.39 is 5.60 Å². The number of hydrogen-bond donors (Lipinski definition) is 2. The summed E-state index contributed by atoms with van der Waals surface area (Å²) in [6, 6.07) is 6.74. The summed E-state index contributed by atoms with van der Waals surface area (Å²) in [4.78, 5) is 2.34. The topological polar surface area (TPSA) is 35.5 Å². The summed E-state index contributed by atoms with van der Waals surface area (Å²) in [6.07, 6.45) is 4.28. The molecule has 1 unspecified atom stereocenters. The van der Waals surface area contributed by atoms with Crippen LogP contribution in [-0.4, -0.2) is 30.8 Å². The second-order valence-electron chi connectivity index (χ2n) is 6.34. The normalized spacial score (nSPS) is 17.7. The van der Waals surface area contributed by atoms with Gasteiger partial charge in [-0.25, -0.2) is 0 Å². The first-order chi connectivity index (χ1) is 9.52. The molecule has 0 bridgehead atoms. The number of anilines is 1. The molecule has 1 aromatic carbocycles. The summed E-state index contributed by atoms with van der Waals surface area (Å²) in [5, 5.41) is 13.5. The van der Waals surface area contributed by atoms with Gasteiger partial charge in [0.25, 0.3) is 0 Å². The molecule has 20 heavy (non-hydrogen) atoms. The first-order valence-corrected chi connectivity index (χ1v) is 7.78. The summed E-state index contributed by atoms with van der Waals surface area (Å²) < 4.78 is 0. The molecule has 1 heterocycles. The highest BCUT2D eigenvalue weighted by Gasteiger charge is 2.18. The number of fused-ring (bicyclic) bond motifs is 1. The van der Waals surface area contributed by atoms with Crippen molar-refractivity contribution in [1.82, 2.24) is 5.32 Å². The lowest BCUT2D eigenvalue weighted by molar-refractivity contribution is 0.0498.